The maximum atomic E-state index is 12.4. The normalized spacial score (nSPS) is 10.4. The molecule has 6 heteroatoms. The monoisotopic (exact) mass is 384 g/mol. The van der Waals surface area contributed by atoms with Crippen molar-refractivity contribution >= 4 is 17.5 Å². The molecule has 0 aliphatic carbocycles. The van der Waals surface area contributed by atoms with Gasteiger partial charge in [-0.25, -0.2) is 0 Å². The number of carbonyl (C=O) groups is 2. The van der Waals surface area contributed by atoms with Crippen LogP contribution in [0.5, 0.6) is 5.75 Å². The average Bonchev–Trinajstić information content (AvgIpc) is 2.70. The molecular formula is C22H28N2O4. The highest BCUT2D eigenvalue weighted by molar-refractivity contribution is 6.04. The third-order valence-corrected chi connectivity index (χ3v) is 4.09. The van der Waals surface area contributed by atoms with Crippen LogP contribution in [-0.2, 0) is 16.0 Å². The number of anilines is 1. The summed E-state index contributed by atoms with van der Waals surface area (Å²) < 4.78 is 10.5. The SMILES string of the molecule is CCCCOc1ccc(C(=O)Nc2ccc(CC(=O)NCCOC)cc2)cc1. The van der Waals surface area contributed by atoms with E-state index in [4.69, 9.17) is 9.47 Å². The number of hydrogen-bond acceptors (Lipinski definition) is 4. The Morgan fingerprint density at radius 1 is 0.964 bits per heavy atom. The summed E-state index contributed by atoms with van der Waals surface area (Å²) in [6.07, 6.45) is 2.38. The highest BCUT2D eigenvalue weighted by Crippen LogP contribution is 2.15. The number of hydrogen-bond donors (Lipinski definition) is 2. The zero-order valence-corrected chi connectivity index (χ0v) is 16.5. The van der Waals surface area contributed by atoms with Crippen molar-refractivity contribution in [2.24, 2.45) is 0 Å². The van der Waals surface area contributed by atoms with E-state index in [1.54, 1.807) is 43.5 Å². The number of amides is 2. The molecule has 0 spiro atoms. The van der Waals surface area contributed by atoms with Gasteiger partial charge in [0.2, 0.25) is 5.91 Å². The van der Waals surface area contributed by atoms with Crippen molar-refractivity contribution in [2.45, 2.75) is 26.2 Å². The molecule has 2 amide bonds. The molecule has 0 bridgehead atoms. The third-order valence-electron chi connectivity index (χ3n) is 4.09. The standard InChI is InChI=1S/C22H28N2O4/c1-3-4-14-28-20-11-7-18(8-12-20)22(26)24-19-9-5-17(6-10-19)16-21(25)23-13-15-27-2/h5-12H,3-4,13-16H2,1-2H3,(H,23,25)(H,24,26). The van der Waals surface area contributed by atoms with Crippen LogP contribution in [0.25, 0.3) is 0 Å². The summed E-state index contributed by atoms with van der Waals surface area (Å²) in [7, 11) is 1.59. The molecule has 0 atom stereocenters. The molecule has 2 aromatic rings. The molecule has 0 aromatic heterocycles. The van der Waals surface area contributed by atoms with E-state index in [9.17, 15) is 9.59 Å². The van der Waals surface area contributed by atoms with E-state index in [1.165, 1.54) is 0 Å². The lowest BCUT2D eigenvalue weighted by atomic mass is 10.1. The van der Waals surface area contributed by atoms with E-state index in [0.717, 1.165) is 24.2 Å². The first-order valence-electron chi connectivity index (χ1n) is 9.51. The molecule has 0 fully saturated rings. The number of methoxy groups -OCH3 is 1. The Morgan fingerprint density at radius 3 is 2.32 bits per heavy atom. The first-order chi connectivity index (χ1) is 13.6. The fraction of sp³-hybridized carbons (Fsp3) is 0.364. The Bertz CT molecular complexity index is 742. The molecule has 0 aliphatic rings. The van der Waals surface area contributed by atoms with Crippen molar-refractivity contribution in [3.63, 3.8) is 0 Å². The molecule has 0 heterocycles. The van der Waals surface area contributed by atoms with E-state index in [0.29, 0.717) is 31.0 Å². The van der Waals surface area contributed by atoms with Crippen molar-refractivity contribution in [2.75, 3.05) is 32.2 Å². The number of carbonyl (C=O) groups excluding carboxylic acids is 2. The van der Waals surface area contributed by atoms with Gasteiger partial charge in [-0.05, 0) is 48.4 Å². The smallest absolute Gasteiger partial charge is 0.255 e. The molecule has 150 valence electrons. The maximum Gasteiger partial charge on any atom is 0.255 e. The van der Waals surface area contributed by atoms with Crippen LogP contribution in [0.4, 0.5) is 5.69 Å². The largest absolute Gasteiger partial charge is 0.494 e. The predicted molar refractivity (Wildman–Crippen MR) is 110 cm³/mol. The van der Waals surface area contributed by atoms with Crippen molar-refractivity contribution < 1.29 is 19.1 Å². The number of nitrogens with one attached hydrogen (secondary N) is 2. The van der Waals surface area contributed by atoms with Gasteiger partial charge in [-0.2, -0.15) is 0 Å². The summed E-state index contributed by atoms with van der Waals surface area (Å²) in [5, 5.41) is 5.63. The molecule has 0 unspecified atom stereocenters. The Hall–Kier alpha value is -2.86. The maximum absolute atomic E-state index is 12.4. The Morgan fingerprint density at radius 2 is 1.68 bits per heavy atom. The average molecular weight is 384 g/mol. The van der Waals surface area contributed by atoms with E-state index < -0.39 is 0 Å². The van der Waals surface area contributed by atoms with Crippen LogP contribution in [0.1, 0.15) is 35.7 Å². The minimum Gasteiger partial charge on any atom is -0.494 e. The second-order valence-electron chi connectivity index (χ2n) is 6.40. The van der Waals surface area contributed by atoms with Crippen LogP contribution in [0, 0.1) is 0 Å². The zero-order valence-electron chi connectivity index (χ0n) is 16.5. The lowest BCUT2D eigenvalue weighted by molar-refractivity contribution is -0.120. The molecule has 0 radical (unpaired) electrons. The minimum absolute atomic E-state index is 0.0601. The minimum atomic E-state index is -0.190. The summed E-state index contributed by atoms with van der Waals surface area (Å²) >= 11 is 0. The van der Waals surface area contributed by atoms with E-state index in [-0.39, 0.29) is 18.2 Å². The zero-order chi connectivity index (χ0) is 20.2. The van der Waals surface area contributed by atoms with Crippen LogP contribution in [0.2, 0.25) is 0 Å². The number of ether oxygens (including phenoxy) is 2. The Kier molecular flexibility index (Phi) is 9.01. The van der Waals surface area contributed by atoms with Gasteiger partial charge in [0, 0.05) is 24.9 Å². The molecular weight excluding hydrogens is 356 g/mol. The van der Waals surface area contributed by atoms with Gasteiger partial charge in [0.25, 0.3) is 5.91 Å². The van der Waals surface area contributed by atoms with Gasteiger partial charge < -0.3 is 20.1 Å². The predicted octanol–water partition coefficient (Wildman–Crippen LogP) is 3.42. The Labute approximate surface area is 166 Å². The van der Waals surface area contributed by atoms with Crippen LogP contribution >= 0.6 is 0 Å². The lowest BCUT2D eigenvalue weighted by Gasteiger charge is -2.09. The number of benzene rings is 2. The number of unbranched alkanes of at least 4 members (excludes halogenated alkanes) is 1. The molecule has 0 aliphatic heterocycles. The van der Waals surface area contributed by atoms with Gasteiger partial charge in [-0.15, -0.1) is 0 Å². The summed E-state index contributed by atoms with van der Waals surface area (Å²) in [6, 6.07) is 14.3. The second-order valence-corrected chi connectivity index (χ2v) is 6.40. The topological polar surface area (TPSA) is 76.7 Å². The fourth-order valence-corrected chi connectivity index (χ4v) is 2.49. The van der Waals surface area contributed by atoms with E-state index in [2.05, 4.69) is 17.6 Å². The van der Waals surface area contributed by atoms with Gasteiger partial charge in [0.1, 0.15) is 5.75 Å². The van der Waals surface area contributed by atoms with Gasteiger partial charge in [-0.3, -0.25) is 9.59 Å². The second kappa shape index (κ2) is 11.8. The van der Waals surface area contributed by atoms with Crippen LogP contribution in [-0.4, -0.2) is 38.7 Å². The molecule has 0 saturated heterocycles. The van der Waals surface area contributed by atoms with Gasteiger partial charge in [0.15, 0.2) is 0 Å². The molecule has 2 N–H and O–H groups in total. The van der Waals surface area contributed by atoms with Crippen molar-refractivity contribution in [3.8, 4) is 5.75 Å². The van der Waals surface area contributed by atoms with Crippen LogP contribution < -0.4 is 15.4 Å². The van der Waals surface area contributed by atoms with Crippen LogP contribution in [0.15, 0.2) is 48.5 Å². The molecule has 28 heavy (non-hydrogen) atoms. The van der Waals surface area contributed by atoms with Crippen LogP contribution in [0.3, 0.4) is 0 Å². The highest BCUT2D eigenvalue weighted by atomic mass is 16.5. The molecule has 0 saturated carbocycles. The quantitative estimate of drug-likeness (QED) is 0.582. The van der Waals surface area contributed by atoms with Gasteiger partial charge in [-0.1, -0.05) is 25.5 Å². The van der Waals surface area contributed by atoms with Crippen molar-refractivity contribution in [1.82, 2.24) is 5.32 Å². The third kappa shape index (κ3) is 7.40. The van der Waals surface area contributed by atoms with E-state index >= 15 is 0 Å². The Balaban J connectivity index is 1.84. The summed E-state index contributed by atoms with van der Waals surface area (Å²) in [4.78, 5) is 24.2. The van der Waals surface area contributed by atoms with E-state index in [1.807, 2.05) is 12.1 Å². The van der Waals surface area contributed by atoms with Crippen molar-refractivity contribution in [1.29, 1.82) is 0 Å². The molecule has 2 rings (SSSR count). The lowest BCUT2D eigenvalue weighted by Crippen LogP contribution is -2.28. The summed E-state index contributed by atoms with van der Waals surface area (Å²) in [6.45, 7) is 3.77. The molecule has 6 nitrogen and oxygen atoms in total. The first-order valence-corrected chi connectivity index (χ1v) is 9.51. The first kappa shape index (κ1) is 21.4. The number of rotatable bonds is 11. The highest BCUT2D eigenvalue weighted by Gasteiger charge is 2.07. The van der Waals surface area contributed by atoms with Gasteiger partial charge in [0.05, 0.1) is 19.6 Å². The van der Waals surface area contributed by atoms with Crippen molar-refractivity contribution in [3.05, 3.63) is 59.7 Å². The summed E-state index contributed by atoms with van der Waals surface area (Å²) in [5.74, 6) is 0.512. The molecule has 2 aromatic carbocycles. The fourth-order valence-electron chi connectivity index (χ4n) is 2.49. The van der Waals surface area contributed by atoms with Gasteiger partial charge >= 0.3 is 0 Å². The summed E-state index contributed by atoms with van der Waals surface area (Å²) in [5.41, 5.74) is 2.11.